The Morgan fingerprint density at radius 2 is 1.93 bits per heavy atom. The Balaban J connectivity index is 1.87. The number of carbonyl (C=O) groups excluding carboxylic acids is 1. The molecule has 1 saturated carbocycles. The number of amides is 1. The van der Waals surface area contributed by atoms with Crippen LogP contribution in [0.3, 0.4) is 0 Å². The van der Waals surface area contributed by atoms with Crippen molar-refractivity contribution in [1.82, 2.24) is 9.88 Å². The highest BCUT2D eigenvalue weighted by atomic mass is 16.2. The SMILES string of the molecule is CCCC(C(=O)NCC1CC1)n1cc(-c2ccccc2)c(=O)c2ccc(C)cc21. The van der Waals surface area contributed by atoms with Crippen molar-refractivity contribution in [1.29, 1.82) is 0 Å². The average Bonchev–Trinajstić information content (AvgIpc) is 3.56. The third-order valence-electron chi connectivity index (χ3n) is 5.74. The highest BCUT2D eigenvalue weighted by Gasteiger charge is 2.26. The van der Waals surface area contributed by atoms with Crippen molar-refractivity contribution in [3.63, 3.8) is 0 Å². The summed E-state index contributed by atoms with van der Waals surface area (Å²) in [5.74, 6) is 0.679. The zero-order valence-electron chi connectivity index (χ0n) is 17.2. The molecule has 29 heavy (non-hydrogen) atoms. The zero-order valence-corrected chi connectivity index (χ0v) is 17.2. The molecule has 0 spiro atoms. The molecule has 1 aliphatic carbocycles. The van der Waals surface area contributed by atoms with Gasteiger partial charge in [-0.05, 0) is 55.4 Å². The maximum atomic E-state index is 13.3. The first kappa shape index (κ1) is 19.4. The van der Waals surface area contributed by atoms with Gasteiger partial charge >= 0.3 is 0 Å². The Morgan fingerprint density at radius 1 is 1.17 bits per heavy atom. The molecular formula is C25H28N2O2. The van der Waals surface area contributed by atoms with E-state index in [-0.39, 0.29) is 17.4 Å². The molecule has 1 heterocycles. The molecule has 1 aromatic heterocycles. The van der Waals surface area contributed by atoms with Crippen LogP contribution in [0.25, 0.3) is 22.0 Å². The number of hydrogen-bond acceptors (Lipinski definition) is 2. The lowest BCUT2D eigenvalue weighted by atomic mass is 10.0. The Kier molecular flexibility index (Phi) is 5.52. The van der Waals surface area contributed by atoms with Crippen LogP contribution in [-0.2, 0) is 4.79 Å². The third kappa shape index (κ3) is 4.12. The summed E-state index contributed by atoms with van der Waals surface area (Å²) in [6.07, 6.45) is 5.92. The van der Waals surface area contributed by atoms with Crippen molar-refractivity contribution < 1.29 is 4.79 Å². The summed E-state index contributed by atoms with van der Waals surface area (Å²) in [5.41, 5.74) is 3.43. The van der Waals surface area contributed by atoms with Gasteiger partial charge in [0, 0.05) is 23.7 Å². The number of hydrogen-bond donors (Lipinski definition) is 1. The van der Waals surface area contributed by atoms with Gasteiger partial charge in [-0.1, -0.05) is 49.7 Å². The lowest BCUT2D eigenvalue weighted by molar-refractivity contribution is -0.124. The van der Waals surface area contributed by atoms with E-state index in [2.05, 4.69) is 12.2 Å². The number of fused-ring (bicyclic) bond motifs is 1. The van der Waals surface area contributed by atoms with Gasteiger partial charge < -0.3 is 9.88 Å². The fraction of sp³-hybridized carbons (Fsp3) is 0.360. The van der Waals surface area contributed by atoms with Crippen LogP contribution in [0.2, 0.25) is 0 Å². The predicted molar refractivity (Wildman–Crippen MR) is 118 cm³/mol. The lowest BCUT2D eigenvalue weighted by Gasteiger charge is -2.23. The molecule has 0 bridgehead atoms. The zero-order chi connectivity index (χ0) is 20.4. The molecule has 1 unspecified atom stereocenters. The quantitative estimate of drug-likeness (QED) is 0.629. The summed E-state index contributed by atoms with van der Waals surface area (Å²) in [5, 5.41) is 3.80. The minimum absolute atomic E-state index is 0.0103. The Hall–Kier alpha value is -2.88. The molecule has 0 saturated heterocycles. The van der Waals surface area contributed by atoms with E-state index >= 15 is 0 Å². The Bertz CT molecular complexity index is 1080. The molecule has 2 aromatic carbocycles. The molecule has 1 fully saturated rings. The maximum Gasteiger partial charge on any atom is 0.243 e. The number of nitrogens with one attached hydrogen (secondary N) is 1. The number of carbonyl (C=O) groups is 1. The van der Waals surface area contributed by atoms with Crippen molar-refractivity contribution in [3.8, 4) is 11.1 Å². The van der Waals surface area contributed by atoms with Gasteiger partial charge in [-0.25, -0.2) is 0 Å². The van der Waals surface area contributed by atoms with E-state index in [1.165, 1.54) is 12.8 Å². The monoisotopic (exact) mass is 388 g/mol. The summed E-state index contributed by atoms with van der Waals surface area (Å²) in [6.45, 7) is 4.86. The van der Waals surface area contributed by atoms with Crippen LogP contribution < -0.4 is 10.7 Å². The van der Waals surface area contributed by atoms with Crippen LogP contribution in [0.5, 0.6) is 0 Å². The maximum absolute atomic E-state index is 13.3. The average molecular weight is 389 g/mol. The molecule has 4 nitrogen and oxygen atoms in total. The number of benzene rings is 2. The normalized spacial score (nSPS) is 14.7. The Labute approximate surface area is 171 Å². The summed E-state index contributed by atoms with van der Waals surface area (Å²) in [4.78, 5) is 26.4. The van der Waals surface area contributed by atoms with E-state index in [4.69, 9.17) is 0 Å². The lowest BCUT2D eigenvalue weighted by Crippen LogP contribution is -2.34. The first-order valence-electron chi connectivity index (χ1n) is 10.6. The van der Waals surface area contributed by atoms with E-state index in [1.54, 1.807) is 0 Å². The molecule has 0 radical (unpaired) electrons. The van der Waals surface area contributed by atoms with Gasteiger partial charge in [0.1, 0.15) is 6.04 Å². The summed E-state index contributed by atoms with van der Waals surface area (Å²) in [6, 6.07) is 15.2. The second-order valence-electron chi connectivity index (χ2n) is 8.16. The van der Waals surface area contributed by atoms with E-state index < -0.39 is 0 Å². The van der Waals surface area contributed by atoms with Crippen LogP contribution in [0.1, 0.15) is 44.2 Å². The van der Waals surface area contributed by atoms with Crippen LogP contribution in [-0.4, -0.2) is 17.0 Å². The number of nitrogens with zero attached hydrogens (tertiary/aromatic N) is 1. The second-order valence-corrected chi connectivity index (χ2v) is 8.16. The van der Waals surface area contributed by atoms with Gasteiger partial charge in [0.2, 0.25) is 5.91 Å². The fourth-order valence-electron chi connectivity index (χ4n) is 3.90. The second kappa shape index (κ2) is 8.24. The minimum atomic E-state index is -0.328. The molecule has 1 atom stereocenters. The molecule has 4 rings (SSSR count). The summed E-state index contributed by atoms with van der Waals surface area (Å²) < 4.78 is 2.03. The predicted octanol–water partition coefficient (Wildman–Crippen LogP) is 4.84. The van der Waals surface area contributed by atoms with Crippen molar-refractivity contribution in [2.75, 3.05) is 6.54 Å². The molecule has 1 amide bonds. The van der Waals surface area contributed by atoms with Gasteiger partial charge in [-0.3, -0.25) is 9.59 Å². The van der Waals surface area contributed by atoms with Gasteiger partial charge in [-0.2, -0.15) is 0 Å². The molecule has 1 aliphatic rings. The van der Waals surface area contributed by atoms with Crippen molar-refractivity contribution in [2.45, 2.75) is 45.6 Å². The van der Waals surface area contributed by atoms with Crippen LogP contribution >= 0.6 is 0 Å². The largest absolute Gasteiger partial charge is 0.354 e. The summed E-state index contributed by atoms with van der Waals surface area (Å²) in [7, 11) is 0. The van der Waals surface area contributed by atoms with Crippen molar-refractivity contribution in [2.24, 2.45) is 5.92 Å². The highest BCUT2D eigenvalue weighted by molar-refractivity contribution is 5.88. The van der Waals surface area contributed by atoms with Gasteiger partial charge in [0.05, 0.1) is 5.52 Å². The molecule has 1 N–H and O–H groups in total. The Morgan fingerprint density at radius 3 is 2.62 bits per heavy atom. The van der Waals surface area contributed by atoms with Crippen molar-refractivity contribution >= 4 is 16.8 Å². The fourth-order valence-corrected chi connectivity index (χ4v) is 3.90. The third-order valence-corrected chi connectivity index (χ3v) is 5.74. The number of aryl methyl sites for hydroxylation is 1. The molecule has 4 heteroatoms. The summed E-state index contributed by atoms with van der Waals surface area (Å²) >= 11 is 0. The smallest absolute Gasteiger partial charge is 0.243 e. The van der Waals surface area contributed by atoms with Gasteiger partial charge in [0.25, 0.3) is 0 Å². The first-order valence-corrected chi connectivity index (χ1v) is 10.6. The van der Waals surface area contributed by atoms with Crippen LogP contribution in [0.15, 0.2) is 59.5 Å². The minimum Gasteiger partial charge on any atom is -0.354 e. The molecule has 3 aromatic rings. The topological polar surface area (TPSA) is 51.1 Å². The van der Waals surface area contributed by atoms with E-state index in [0.717, 1.165) is 36.0 Å². The number of aromatic nitrogens is 1. The first-order chi connectivity index (χ1) is 14.1. The van der Waals surface area contributed by atoms with Crippen molar-refractivity contribution in [3.05, 3.63) is 70.5 Å². The van der Waals surface area contributed by atoms with E-state index in [9.17, 15) is 9.59 Å². The molecule has 150 valence electrons. The molecular weight excluding hydrogens is 360 g/mol. The van der Waals surface area contributed by atoms with E-state index in [1.807, 2.05) is 66.2 Å². The molecule has 0 aliphatic heterocycles. The number of rotatable bonds is 7. The van der Waals surface area contributed by atoms with Crippen LogP contribution in [0.4, 0.5) is 0 Å². The van der Waals surface area contributed by atoms with E-state index in [0.29, 0.717) is 16.9 Å². The van der Waals surface area contributed by atoms with Crippen LogP contribution in [0, 0.1) is 12.8 Å². The van der Waals surface area contributed by atoms with Gasteiger partial charge in [0.15, 0.2) is 5.43 Å². The van der Waals surface area contributed by atoms with Gasteiger partial charge in [-0.15, -0.1) is 0 Å². The standard InChI is InChI=1S/C25H28N2O2/c1-3-7-22(25(29)26-15-18-11-12-18)27-16-21(19-8-5-4-6-9-19)24(28)20-13-10-17(2)14-23(20)27/h4-6,8-10,13-14,16,18,22H,3,7,11-12,15H2,1-2H3,(H,26,29). The number of pyridine rings is 1. The highest BCUT2D eigenvalue weighted by Crippen LogP contribution is 2.29.